The van der Waals surface area contributed by atoms with Crippen LogP contribution in [0.2, 0.25) is 0 Å². The van der Waals surface area contributed by atoms with Crippen molar-refractivity contribution in [1.82, 2.24) is 0 Å². The van der Waals surface area contributed by atoms with Crippen LogP contribution >= 0.6 is 0 Å². The Hall–Kier alpha value is -2.68. The summed E-state index contributed by atoms with van der Waals surface area (Å²) < 4.78 is 11.4. The lowest BCUT2D eigenvalue weighted by Gasteiger charge is -2.11. The van der Waals surface area contributed by atoms with Crippen LogP contribution in [0.25, 0.3) is 23.1 Å². The van der Waals surface area contributed by atoms with Crippen LogP contribution < -0.4 is 9.64 Å². The van der Waals surface area contributed by atoms with Crippen LogP contribution in [0.5, 0.6) is 5.75 Å². The van der Waals surface area contributed by atoms with Crippen LogP contribution in [0.3, 0.4) is 0 Å². The first-order valence-corrected chi connectivity index (χ1v) is 7.77. The molecule has 0 N–H and O–H groups in total. The third kappa shape index (κ3) is 3.57. The summed E-state index contributed by atoms with van der Waals surface area (Å²) in [5.74, 6) is 1.68. The van der Waals surface area contributed by atoms with Crippen LogP contribution in [0.1, 0.15) is 18.2 Å². The molecule has 0 fully saturated rings. The fraction of sp³-hybridized carbons (Fsp3) is 0.200. The molecule has 23 heavy (non-hydrogen) atoms. The molecule has 118 valence electrons. The molecule has 0 saturated carbocycles. The summed E-state index contributed by atoms with van der Waals surface area (Å²) in [5, 5.41) is 1.08. The molecule has 0 radical (unpaired) electrons. The second-order valence-electron chi connectivity index (χ2n) is 5.60. The Bertz CT molecular complexity index is 813. The van der Waals surface area contributed by atoms with Gasteiger partial charge < -0.3 is 14.1 Å². The van der Waals surface area contributed by atoms with Crippen LogP contribution in [0.4, 0.5) is 5.69 Å². The summed E-state index contributed by atoms with van der Waals surface area (Å²) in [4.78, 5) is 2.09. The molecule has 0 atom stereocenters. The highest BCUT2D eigenvalue weighted by Crippen LogP contribution is 2.25. The Morgan fingerprint density at radius 1 is 1.00 bits per heavy atom. The highest BCUT2D eigenvalue weighted by molar-refractivity contribution is 5.83. The van der Waals surface area contributed by atoms with Crippen LogP contribution in [0.15, 0.2) is 52.9 Å². The third-order valence-corrected chi connectivity index (χ3v) is 3.67. The number of fused-ring (bicyclic) bond motifs is 1. The average molecular weight is 307 g/mol. The normalized spacial score (nSPS) is 11.3. The molecule has 0 bridgehead atoms. The topological polar surface area (TPSA) is 25.6 Å². The summed E-state index contributed by atoms with van der Waals surface area (Å²) in [6.07, 6.45) is 4.05. The van der Waals surface area contributed by atoms with Crippen LogP contribution in [-0.2, 0) is 0 Å². The zero-order valence-corrected chi connectivity index (χ0v) is 13.7. The summed E-state index contributed by atoms with van der Waals surface area (Å²) in [7, 11) is 4.07. The van der Waals surface area contributed by atoms with Crippen LogP contribution in [-0.4, -0.2) is 20.7 Å². The molecule has 0 spiro atoms. The van der Waals surface area contributed by atoms with Gasteiger partial charge in [0.15, 0.2) is 0 Å². The fourth-order valence-corrected chi connectivity index (χ4v) is 2.43. The Balaban J connectivity index is 1.80. The Kier molecular flexibility index (Phi) is 4.38. The Morgan fingerprint density at radius 2 is 1.78 bits per heavy atom. The van der Waals surface area contributed by atoms with E-state index in [2.05, 4.69) is 35.2 Å². The van der Waals surface area contributed by atoms with Gasteiger partial charge in [-0.25, -0.2) is 0 Å². The Labute approximate surface area is 136 Å². The van der Waals surface area contributed by atoms with E-state index in [0.717, 1.165) is 28.0 Å². The first-order chi connectivity index (χ1) is 11.2. The molecule has 1 aromatic heterocycles. The number of rotatable bonds is 5. The van der Waals surface area contributed by atoms with Gasteiger partial charge in [-0.05, 0) is 48.9 Å². The van der Waals surface area contributed by atoms with Gasteiger partial charge >= 0.3 is 0 Å². The first-order valence-electron chi connectivity index (χ1n) is 7.77. The summed E-state index contributed by atoms with van der Waals surface area (Å²) in [5.41, 5.74) is 3.18. The van der Waals surface area contributed by atoms with E-state index in [1.54, 1.807) is 0 Å². The minimum Gasteiger partial charge on any atom is -0.494 e. The van der Waals surface area contributed by atoms with Gasteiger partial charge in [0.1, 0.15) is 17.1 Å². The fourth-order valence-electron chi connectivity index (χ4n) is 2.43. The molecule has 0 amide bonds. The maximum Gasteiger partial charge on any atom is 0.138 e. The molecular formula is C20H21NO2. The van der Waals surface area contributed by atoms with Gasteiger partial charge in [-0.2, -0.15) is 0 Å². The number of nitrogens with zero attached hydrogens (tertiary/aromatic N) is 1. The van der Waals surface area contributed by atoms with E-state index < -0.39 is 0 Å². The quantitative estimate of drug-likeness (QED) is 0.658. The molecule has 3 nitrogen and oxygen atoms in total. The summed E-state index contributed by atoms with van der Waals surface area (Å²) in [6, 6.07) is 16.4. The maximum atomic E-state index is 5.86. The van der Waals surface area contributed by atoms with E-state index in [4.69, 9.17) is 9.15 Å². The molecule has 1 heterocycles. The SMILES string of the molecule is CCOc1ccc2cc(C=Cc3ccc(N(C)C)cc3)oc2c1. The number of hydrogen-bond donors (Lipinski definition) is 0. The lowest BCUT2D eigenvalue weighted by Crippen LogP contribution is -2.07. The van der Waals surface area contributed by atoms with Crippen molar-refractivity contribution in [2.45, 2.75) is 6.92 Å². The number of benzene rings is 2. The molecule has 3 heteroatoms. The molecule has 3 rings (SSSR count). The van der Waals surface area contributed by atoms with Gasteiger partial charge in [0, 0.05) is 31.2 Å². The third-order valence-electron chi connectivity index (χ3n) is 3.67. The van der Waals surface area contributed by atoms with E-state index in [0.29, 0.717) is 6.61 Å². The molecule has 2 aromatic carbocycles. The molecule has 0 unspecified atom stereocenters. The summed E-state index contributed by atoms with van der Waals surface area (Å²) in [6.45, 7) is 2.63. The smallest absolute Gasteiger partial charge is 0.138 e. The Morgan fingerprint density at radius 3 is 2.48 bits per heavy atom. The lowest BCUT2D eigenvalue weighted by molar-refractivity contribution is 0.340. The van der Waals surface area contributed by atoms with Gasteiger partial charge in [0.05, 0.1) is 6.61 Å². The van der Waals surface area contributed by atoms with E-state index in [1.807, 2.05) is 51.4 Å². The summed E-state index contributed by atoms with van der Waals surface area (Å²) >= 11 is 0. The second kappa shape index (κ2) is 6.61. The number of ether oxygens (including phenoxy) is 1. The second-order valence-corrected chi connectivity index (χ2v) is 5.60. The zero-order chi connectivity index (χ0) is 16.2. The van der Waals surface area contributed by atoms with E-state index >= 15 is 0 Å². The number of hydrogen-bond acceptors (Lipinski definition) is 3. The van der Waals surface area contributed by atoms with Crippen molar-refractivity contribution in [1.29, 1.82) is 0 Å². The number of anilines is 1. The molecule has 0 aliphatic rings. The van der Waals surface area contributed by atoms with Gasteiger partial charge in [0.2, 0.25) is 0 Å². The average Bonchev–Trinajstić information content (AvgIpc) is 2.96. The molecule has 0 aliphatic heterocycles. The predicted molar refractivity (Wildman–Crippen MR) is 97.1 cm³/mol. The van der Waals surface area contributed by atoms with Crippen molar-refractivity contribution in [3.05, 3.63) is 59.9 Å². The first kappa shape index (κ1) is 15.2. The predicted octanol–water partition coefficient (Wildman–Crippen LogP) is 5.07. The molecule has 0 saturated heterocycles. The van der Waals surface area contributed by atoms with Gasteiger partial charge in [0.25, 0.3) is 0 Å². The van der Waals surface area contributed by atoms with Crippen molar-refractivity contribution in [2.75, 3.05) is 25.6 Å². The van der Waals surface area contributed by atoms with Crippen molar-refractivity contribution >= 4 is 28.8 Å². The van der Waals surface area contributed by atoms with Crippen molar-refractivity contribution in [3.63, 3.8) is 0 Å². The largest absolute Gasteiger partial charge is 0.494 e. The van der Waals surface area contributed by atoms with Crippen molar-refractivity contribution in [2.24, 2.45) is 0 Å². The van der Waals surface area contributed by atoms with Crippen molar-refractivity contribution < 1.29 is 9.15 Å². The maximum absolute atomic E-state index is 5.86. The van der Waals surface area contributed by atoms with Crippen molar-refractivity contribution in [3.8, 4) is 5.75 Å². The van der Waals surface area contributed by atoms with E-state index in [-0.39, 0.29) is 0 Å². The lowest BCUT2D eigenvalue weighted by atomic mass is 10.1. The minimum atomic E-state index is 0.655. The molecule has 0 aliphatic carbocycles. The molecular weight excluding hydrogens is 286 g/mol. The monoisotopic (exact) mass is 307 g/mol. The number of furan rings is 1. The van der Waals surface area contributed by atoms with E-state index in [9.17, 15) is 0 Å². The standard InChI is InChI=1S/C20H21NO2/c1-4-22-18-12-8-16-13-19(23-20(16)14-18)11-7-15-5-9-17(10-6-15)21(2)3/h5-14H,4H2,1-3H3. The highest BCUT2D eigenvalue weighted by atomic mass is 16.5. The van der Waals surface area contributed by atoms with Gasteiger partial charge in [-0.15, -0.1) is 0 Å². The van der Waals surface area contributed by atoms with Gasteiger partial charge in [-0.3, -0.25) is 0 Å². The van der Waals surface area contributed by atoms with E-state index in [1.165, 1.54) is 5.69 Å². The minimum absolute atomic E-state index is 0.655. The van der Waals surface area contributed by atoms with Gasteiger partial charge in [-0.1, -0.05) is 18.2 Å². The molecule has 3 aromatic rings. The highest BCUT2D eigenvalue weighted by Gasteiger charge is 2.03. The van der Waals surface area contributed by atoms with Crippen LogP contribution in [0, 0.1) is 0 Å². The zero-order valence-electron chi connectivity index (χ0n) is 13.7.